The van der Waals surface area contributed by atoms with E-state index in [4.69, 9.17) is 0 Å². The summed E-state index contributed by atoms with van der Waals surface area (Å²) in [6, 6.07) is 3.12. The quantitative estimate of drug-likeness (QED) is 0.551. The summed E-state index contributed by atoms with van der Waals surface area (Å²) in [5, 5.41) is 11.0. The van der Waals surface area contributed by atoms with Crippen LogP contribution in [0.2, 0.25) is 0 Å². The zero-order valence-electron chi connectivity index (χ0n) is 11.3. The van der Waals surface area contributed by atoms with E-state index in [0.717, 1.165) is 25.9 Å². The molecule has 0 radical (unpaired) electrons. The number of hydrogen-bond donors (Lipinski definition) is 0. The lowest BCUT2D eigenvalue weighted by atomic mass is 10.0. The minimum absolute atomic E-state index is 0.0882. The van der Waals surface area contributed by atoms with Crippen LogP contribution in [0.5, 0.6) is 0 Å². The van der Waals surface area contributed by atoms with Crippen LogP contribution in [0.3, 0.4) is 0 Å². The maximum Gasteiger partial charge on any atom is 0.311 e. The summed E-state index contributed by atoms with van der Waals surface area (Å²) in [4.78, 5) is 16.8. The average molecular weight is 251 g/mol. The third-order valence-corrected chi connectivity index (χ3v) is 3.28. The number of nitrogens with zero attached hydrogens (tertiary/aromatic N) is 3. The highest BCUT2D eigenvalue weighted by Crippen LogP contribution is 2.26. The van der Waals surface area contributed by atoms with Gasteiger partial charge in [0.05, 0.1) is 4.92 Å². The fourth-order valence-corrected chi connectivity index (χ4v) is 2.00. The first-order chi connectivity index (χ1) is 8.63. The van der Waals surface area contributed by atoms with E-state index >= 15 is 0 Å². The molecule has 0 atom stereocenters. The molecule has 0 aliphatic rings. The second-order valence-corrected chi connectivity index (χ2v) is 4.32. The number of hydrogen-bond acceptors (Lipinski definition) is 4. The Balaban J connectivity index is 2.97. The molecule has 0 aliphatic carbocycles. The normalized spacial score (nSPS) is 10.7. The standard InChI is InChI=1S/C13H21N3O2/c1-4-11(5-2)10-15(6-3)13-12(16(17)18)8-7-9-14-13/h7-9,11H,4-6,10H2,1-3H3. The predicted octanol–water partition coefficient (Wildman–Crippen LogP) is 3.25. The molecule has 0 N–H and O–H groups in total. The molecular weight excluding hydrogens is 230 g/mol. The molecule has 1 rings (SSSR count). The van der Waals surface area contributed by atoms with Crippen molar-refractivity contribution in [2.75, 3.05) is 18.0 Å². The molecule has 18 heavy (non-hydrogen) atoms. The minimum Gasteiger partial charge on any atom is -0.351 e. The first-order valence-corrected chi connectivity index (χ1v) is 6.48. The van der Waals surface area contributed by atoms with E-state index in [2.05, 4.69) is 18.8 Å². The van der Waals surface area contributed by atoms with E-state index < -0.39 is 0 Å². The maximum absolute atomic E-state index is 11.0. The Morgan fingerprint density at radius 2 is 2.06 bits per heavy atom. The molecule has 0 saturated carbocycles. The maximum atomic E-state index is 11.0. The lowest BCUT2D eigenvalue weighted by Crippen LogP contribution is -2.30. The van der Waals surface area contributed by atoms with Gasteiger partial charge >= 0.3 is 5.69 Å². The van der Waals surface area contributed by atoms with Gasteiger partial charge in [0.2, 0.25) is 5.82 Å². The lowest BCUT2D eigenvalue weighted by Gasteiger charge is -2.25. The topological polar surface area (TPSA) is 59.3 Å². The minimum atomic E-state index is -0.363. The van der Waals surface area contributed by atoms with E-state index in [0.29, 0.717) is 11.7 Å². The number of nitro groups is 1. The van der Waals surface area contributed by atoms with Crippen LogP contribution in [0.4, 0.5) is 11.5 Å². The summed E-state index contributed by atoms with van der Waals surface area (Å²) in [5.41, 5.74) is 0.0882. The van der Waals surface area contributed by atoms with Gasteiger partial charge in [0, 0.05) is 25.4 Å². The molecule has 0 bridgehead atoms. The number of anilines is 1. The van der Waals surface area contributed by atoms with Gasteiger partial charge in [0.25, 0.3) is 0 Å². The molecule has 100 valence electrons. The van der Waals surface area contributed by atoms with Gasteiger partial charge in [-0.05, 0) is 18.9 Å². The monoisotopic (exact) mass is 251 g/mol. The van der Waals surface area contributed by atoms with Crippen LogP contribution in [0.25, 0.3) is 0 Å². The molecule has 0 saturated heterocycles. The average Bonchev–Trinajstić information content (AvgIpc) is 2.40. The SMILES string of the molecule is CCC(CC)CN(CC)c1ncccc1[N+](=O)[O-]. The van der Waals surface area contributed by atoms with Crippen molar-refractivity contribution in [2.45, 2.75) is 33.6 Å². The zero-order valence-corrected chi connectivity index (χ0v) is 11.3. The molecule has 0 spiro atoms. The first-order valence-electron chi connectivity index (χ1n) is 6.48. The predicted molar refractivity (Wildman–Crippen MR) is 72.9 cm³/mol. The fraction of sp³-hybridized carbons (Fsp3) is 0.615. The largest absolute Gasteiger partial charge is 0.351 e. The van der Waals surface area contributed by atoms with Gasteiger partial charge in [-0.25, -0.2) is 4.98 Å². The molecule has 0 fully saturated rings. The number of rotatable bonds is 7. The van der Waals surface area contributed by atoms with E-state index in [-0.39, 0.29) is 10.6 Å². The summed E-state index contributed by atoms with van der Waals surface area (Å²) in [5.74, 6) is 1.03. The van der Waals surface area contributed by atoms with Gasteiger partial charge in [-0.15, -0.1) is 0 Å². The highest BCUT2D eigenvalue weighted by Gasteiger charge is 2.21. The van der Waals surface area contributed by atoms with Gasteiger partial charge in [-0.2, -0.15) is 0 Å². The van der Waals surface area contributed by atoms with Crippen LogP contribution in [-0.2, 0) is 0 Å². The Morgan fingerprint density at radius 3 is 2.56 bits per heavy atom. The van der Waals surface area contributed by atoms with Crippen molar-refractivity contribution in [2.24, 2.45) is 5.92 Å². The van der Waals surface area contributed by atoms with Crippen molar-refractivity contribution in [3.63, 3.8) is 0 Å². The van der Waals surface area contributed by atoms with E-state index in [1.54, 1.807) is 12.3 Å². The zero-order chi connectivity index (χ0) is 13.5. The Bertz CT molecular complexity index is 392. The highest BCUT2D eigenvalue weighted by molar-refractivity contribution is 5.57. The Morgan fingerprint density at radius 1 is 1.39 bits per heavy atom. The van der Waals surface area contributed by atoms with Gasteiger partial charge in [0.15, 0.2) is 0 Å². The van der Waals surface area contributed by atoms with Crippen LogP contribution in [-0.4, -0.2) is 23.0 Å². The van der Waals surface area contributed by atoms with E-state index in [1.165, 1.54) is 6.07 Å². The van der Waals surface area contributed by atoms with E-state index in [9.17, 15) is 10.1 Å². The first kappa shape index (κ1) is 14.4. The second-order valence-electron chi connectivity index (χ2n) is 4.32. The van der Waals surface area contributed by atoms with Crippen LogP contribution in [0.1, 0.15) is 33.6 Å². The summed E-state index contributed by atoms with van der Waals surface area (Å²) in [6.07, 6.45) is 3.76. The molecule has 0 unspecified atom stereocenters. The molecule has 0 amide bonds. The molecular formula is C13H21N3O2. The van der Waals surface area contributed by atoms with Gasteiger partial charge in [-0.3, -0.25) is 10.1 Å². The Kier molecular flexibility index (Phi) is 5.55. The van der Waals surface area contributed by atoms with E-state index in [1.807, 2.05) is 11.8 Å². The van der Waals surface area contributed by atoms with Crippen LogP contribution in [0, 0.1) is 16.0 Å². The van der Waals surface area contributed by atoms with Crippen LogP contribution in [0.15, 0.2) is 18.3 Å². The molecule has 1 aromatic heterocycles. The number of pyridine rings is 1. The molecule has 0 aliphatic heterocycles. The fourth-order valence-electron chi connectivity index (χ4n) is 2.00. The van der Waals surface area contributed by atoms with Crippen molar-refractivity contribution >= 4 is 11.5 Å². The van der Waals surface area contributed by atoms with Crippen LogP contribution >= 0.6 is 0 Å². The van der Waals surface area contributed by atoms with Crippen molar-refractivity contribution in [1.29, 1.82) is 0 Å². The highest BCUT2D eigenvalue weighted by atomic mass is 16.6. The van der Waals surface area contributed by atoms with Crippen molar-refractivity contribution in [3.8, 4) is 0 Å². The summed E-state index contributed by atoms with van der Waals surface area (Å²) >= 11 is 0. The third-order valence-electron chi connectivity index (χ3n) is 3.28. The third kappa shape index (κ3) is 3.42. The Hall–Kier alpha value is -1.65. The summed E-state index contributed by atoms with van der Waals surface area (Å²) < 4.78 is 0. The Labute approximate surface area is 108 Å². The molecule has 0 aromatic carbocycles. The molecule has 5 heteroatoms. The second kappa shape index (κ2) is 6.93. The van der Waals surface area contributed by atoms with Crippen molar-refractivity contribution < 1.29 is 4.92 Å². The van der Waals surface area contributed by atoms with Gasteiger partial charge in [-0.1, -0.05) is 26.7 Å². The molecule has 1 aromatic rings. The van der Waals surface area contributed by atoms with Gasteiger partial charge in [0.1, 0.15) is 0 Å². The molecule has 1 heterocycles. The van der Waals surface area contributed by atoms with Gasteiger partial charge < -0.3 is 4.90 Å². The van der Waals surface area contributed by atoms with Crippen LogP contribution < -0.4 is 4.90 Å². The van der Waals surface area contributed by atoms with Crippen molar-refractivity contribution in [1.82, 2.24) is 4.98 Å². The smallest absolute Gasteiger partial charge is 0.311 e. The molecule has 5 nitrogen and oxygen atoms in total. The lowest BCUT2D eigenvalue weighted by molar-refractivity contribution is -0.384. The number of aromatic nitrogens is 1. The summed E-state index contributed by atoms with van der Waals surface area (Å²) in [7, 11) is 0. The van der Waals surface area contributed by atoms with Crippen molar-refractivity contribution in [3.05, 3.63) is 28.4 Å². The summed E-state index contributed by atoms with van der Waals surface area (Å²) in [6.45, 7) is 7.85.